The molecule has 1 saturated heterocycles. The summed E-state index contributed by atoms with van der Waals surface area (Å²) < 4.78 is 43.9. The second-order valence-electron chi connectivity index (χ2n) is 8.08. The molecule has 1 aliphatic heterocycles. The fraction of sp³-hybridized carbons (Fsp3) is 0.435. The Bertz CT molecular complexity index is 987. The number of ether oxygens (including phenoxy) is 1. The first-order valence-corrected chi connectivity index (χ1v) is 12.1. The first kappa shape index (κ1) is 24.2. The van der Waals surface area contributed by atoms with E-state index in [-0.39, 0.29) is 22.5 Å². The van der Waals surface area contributed by atoms with Crippen LogP contribution >= 0.6 is 0 Å². The number of amides is 1. The van der Waals surface area contributed by atoms with E-state index in [9.17, 15) is 17.6 Å². The van der Waals surface area contributed by atoms with Gasteiger partial charge in [0.1, 0.15) is 18.2 Å². The molecule has 1 heterocycles. The van der Waals surface area contributed by atoms with Crippen molar-refractivity contribution in [3.05, 3.63) is 59.9 Å². The maximum Gasteiger partial charge on any atom is 0.242 e. The van der Waals surface area contributed by atoms with Crippen LogP contribution in [0.4, 0.5) is 4.39 Å². The smallest absolute Gasteiger partial charge is 0.242 e. The molecule has 2 aromatic carbocycles. The number of likely N-dealkylation sites (tertiary alicyclic amines) is 1. The maximum absolute atomic E-state index is 13.0. The summed E-state index contributed by atoms with van der Waals surface area (Å²) in [5.41, 5.74) is 1.07. The molecule has 0 spiro atoms. The molecule has 0 saturated carbocycles. The van der Waals surface area contributed by atoms with Crippen LogP contribution in [0.2, 0.25) is 0 Å². The minimum Gasteiger partial charge on any atom is -0.492 e. The largest absolute Gasteiger partial charge is 0.492 e. The Balaban J connectivity index is 1.35. The number of halogens is 1. The molecule has 0 aromatic heterocycles. The van der Waals surface area contributed by atoms with Crippen molar-refractivity contribution in [2.75, 3.05) is 40.3 Å². The normalized spacial score (nSPS) is 15.6. The lowest BCUT2D eigenvalue weighted by atomic mass is 9.95. The van der Waals surface area contributed by atoms with Crippen LogP contribution < -0.4 is 10.1 Å². The Labute approximate surface area is 189 Å². The number of piperidine rings is 1. The Morgan fingerprint density at radius 3 is 2.31 bits per heavy atom. The highest BCUT2D eigenvalue weighted by molar-refractivity contribution is 7.89. The predicted octanol–water partition coefficient (Wildman–Crippen LogP) is 2.48. The molecule has 0 radical (unpaired) electrons. The molecule has 0 unspecified atom stereocenters. The van der Waals surface area contributed by atoms with E-state index in [0.29, 0.717) is 18.9 Å². The van der Waals surface area contributed by atoms with Gasteiger partial charge in [0.15, 0.2) is 0 Å². The van der Waals surface area contributed by atoms with Gasteiger partial charge in [-0.15, -0.1) is 0 Å². The molecule has 7 nitrogen and oxygen atoms in total. The average Bonchev–Trinajstić information content (AvgIpc) is 2.79. The van der Waals surface area contributed by atoms with Crippen molar-refractivity contribution in [3.8, 4) is 5.75 Å². The molecule has 3 rings (SSSR count). The number of carbonyl (C=O) groups is 1. The third kappa shape index (κ3) is 6.51. The van der Waals surface area contributed by atoms with Crippen LogP contribution in [0.1, 0.15) is 18.4 Å². The molecule has 1 aliphatic rings. The van der Waals surface area contributed by atoms with Gasteiger partial charge in [-0.05, 0) is 67.9 Å². The number of nitrogens with one attached hydrogen (secondary N) is 1. The lowest BCUT2D eigenvalue weighted by molar-refractivity contribution is -0.126. The van der Waals surface area contributed by atoms with Gasteiger partial charge in [0.05, 0.1) is 11.4 Å². The third-order valence-electron chi connectivity index (χ3n) is 5.55. The second kappa shape index (κ2) is 10.9. The van der Waals surface area contributed by atoms with Crippen LogP contribution in [0.5, 0.6) is 5.75 Å². The lowest BCUT2D eigenvalue weighted by Crippen LogP contribution is -2.41. The fourth-order valence-electron chi connectivity index (χ4n) is 3.61. The number of hydrogen-bond acceptors (Lipinski definition) is 5. The van der Waals surface area contributed by atoms with Crippen LogP contribution in [0, 0.1) is 11.7 Å². The SMILES string of the molecule is CN(C)S(=O)(=O)c1ccc(OCCNC(=O)C2CCN(Cc3ccc(F)cc3)CC2)cc1. The zero-order valence-corrected chi connectivity index (χ0v) is 19.3. The molecular formula is C23H30FN3O4S. The predicted molar refractivity (Wildman–Crippen MR) is 120 cm³/mol. The topological polar surface area (TPSA) is 79.0 Å². The van der Waals surface area contributed by atoms with Crippen molar-refractivity contribution in [2.45, 2.75) is 24.3 Å². The summed E-state index contributed by atoms with van der Waals surface area (Å²) in [6, 6.07) is 12.7. The van der Waals surface area contributed by atoms with E-state index >= 15 is 0 Å². The number of rotatable bonds is 9. The summed E-state index contributed by atoms with van der Waals surface area (Å²) >= 11 is 0. The minimum atomic E-state index is -3.46. The van der Waals surface area contributed by atoms with Gasteiger partial charge in [0, 0.05) is 26.6 Å². The highest BCUT2D eigenvalue weighted by atomic mass is 32.2. The van der Waals surface area contributed by atoms with E-state index in [2.05, 4.69) is 10.2 Å². The molecule has 174 valence electrons. The zero-order valence-electron chi connectivity index (χ0n) is 18.5. The van der Waals surface area contributed by atoms with Crippen LogP contribution in [0.3, 0.4) is 0 Å². The number of nitrogens with zero attached hydrogens (tertiary/aromatic N) is 2. The quantitative estimate of drug-likeness (QED) is 0.578. The highest BCUT2D eigenvalue weighted by Crippen LogP contribution is 2.20. The van der Waals surface area contributed by atoms with Gasteiger partial charge < -0.3 is 10.1 Å². The summed E-state index contributed by atoms with van der Waals surface area (Å²) in [7, 11) is -0.496. The highest BCUT2D eigenvalue weighted by Gasteiger charge is 2.24. The number of hydrogen-bond donors (Lipinski definition) is 1. The molecule has 1 amide bonds. The van der Waals surface area contributed by atoms with Crippen molar-refractivity contribution in [1.29, 1.82) is 0 Å². The van der Waals surface area contributed by atoms with Gasteiger partial charge in [0.2, 0.25) is 15.9 Å². The maximum atomic E-state index is 13.0. The van der Waals surface area contributed by atoms with E-state index in [4.69, 9.17) is 4.74 Å². The Hall–Kier alpha value is -2.49. The van der Waals surface area contributed by atoms with Gasteiger partial charge >= 0.3 is 0 Å². The van der Waals surface area contributed by atoms with E-state index in [1.165, 1.54) is 38.4 Å². The number of sulfonamides is 1. The van der Waals surface area contributed by atoms with Gasteiger partial charge in [-0.1, -0.05) is 12.1 Å². The number of carbonyl (C=O) groups excluding carboxylic acids is 1. The Morgan fingerprint density at radius 2 is 1.72 bits per heavy atom. The van der Waals surface area contributed by atoms with Crippen LogP contribution in [-0.2, 0) is 21.4 Å². The van der Waals surface area contributed by atoms with E-state index in [1.54, 1.807) is 24.3 Å². The summed E-state index contributed by atoms with van der Waals surface area (Å²) in [5.74, 6) is 0.325. The molecule has 2 aromatic rings. The van der Waals surface area contributed by atoms with E-state index in [0.717, 1.165) is 42.3 Å². The Morgan fingerprint density at radius 1 is 1.09 bits per heavy atom. The summed E-state index contributed by atoms with van der Waals surface area (Å²) in [6.07, 6.45) is 1.57. The minimum absolute atomic E-state index is 0.0185. The Kier molecular flexibility index (Phi) is 8.22. The van der Waals surface area contributed by atoms with Crippen molar-refractivity contribution < 1.29 is 22.3 Å². The molecule has 32 heavy (non-hydrogen) atoms. The molecule has 0 aliphatic carbocycles. The van der Waals surface area contributed by atoms with Gasteiger partial charge in [-0.2, -0.15) is 0 Å². The van der Waals surface area contributed by atoms with Crippen molar-refractivity contribution in [1.82, 2.24) is 14.5 Å². The van der Waals surface area contributed by atoms with Crippen molar-refractivity contribution >= 4 is 15.9 Å². The molecule has 1 fully saturated rings. The molecule has 0 atom stereocenters. The van der Waals surface area contributed by atoms with Gasteiger partial charge in [-0.3, -0.25) is 9.69 Å². The van der Waals surface area contributed by atoms with Gasteiger partial charge in [0.25, 0.3) is 0 Å². The van der Waals surface area contributed by atoms with Crippen LogP contribution in [0.15, 0.2) is 53.4 Å². The lowest BCUT2D eigenvalue weighted by Gasteiger charge is -2.31. The third-order valence-corrected chi connectivity index (χ3v) is 7.38. The van der Waals surface area contributed by atoms with E-state index < -0.39 is 10.0 Å². The van der Waals surface area contributed by atoms with Gasteiger partial charge in [-0.25, -0.2) is 17.1 Å². The van der Waals surface area contributed by atoms with Crippen molar-refractivity contribution in [2.24, 2.45) is 5.92 Å². The van der Waals surface area contributed by atoms with Crippen LogP contribution in [-0.4, -0.2) is 63.9 Å². The first-order chi connectivity index (χ1) is 15.3. The molecule has 0 bridgehead atoms. The van der Waals surface area contributed by atoms with E-state index in [1.807, 2.05) is 0 Å². The second-order valence-corrected chi connectivity index (χ2v) is 10.2. The average molecular weight is 464 g/mol. The first-order valence-electron chi connectivity index (χ1n) is 10.7. The summed E-state index contributed by atoms with van der Waals surface area (Å²) in [5, 5.41) is 2.92. The zero-order chi connectivity index (χ0) is 23.1. The standard InChI is InChI=1S/C23H30FN3O4S/c1-26(2)32(29,30)22-9-7-21(8-10-22)31-16-13-25-23(28)19-11-14-27(15-12-19)17-18-3-5-20(24)6-4-18/h3-10,19H,11-17H2,1-2H3,(H,25,28). The summed E-state index contributed by atoms with van der Waals surface area (Å²) in [6.45, 7) is 3.10. The molecular weight excluding hydrogens is 433 g/mol. The molecule has 1 N–H and O–H groups in total. The van der Waals surface area contributed by atoms with Crippen molar-refractivity contribution in [3.63, 3.8) is 0 Å². The number of benzene rings is 2. The van der Waals surface area contributed by atoms with Crippen LogP contribution in [0.25, 0.3) is 0 Å². The molecule has 9 heteroatoms. The summed E-state index contributed by atoms with van der Waals surface area (Å²) in [4.78, 5) is 14.9. The fourth-order valence-corrected chi connectivity index (χ4v) is 4.51. The monoisotopic (exact) mass is 463 g/mol.